The maximum Gasteiger partial charge on any atom is 0.0413 e. The molecule has 7 rings (SSSR count). The maximum absolute atomic E-state index is 4.91. The molecule has 196 valence electrons. The second-order valence-electron chi connectivity index (χ2n) is 11.0. The van der Waals surface area contributed by atoms with E-state index >= 15 is 0 Å². The fraction of sp³-hybridized carbons (Fsp3) is 0.158. The zero-order valence-electron chi connectivity index (χ0n) is 22.6. The second-order valence-corrected chi connectivity index (χ2v) is 11.8. The van der Waals surface area contributed by atoms with Crippen LogP contribution in [0, 0.1) is 0 Å². The normalized spacial score (nSPS) is 17.2. The molecule has 6 aromatic rings. The summed E-state index contributed by atoms with van der Waals surface area (Å²) in [5.41, 5.74) is 7.53. The van der Waals surface area contributed by atoms with Crippen LogP contribution in [0.1, 0.15) is 25.7 Å². The van der Waals surface area contributed by atoms with Gasteiger partial charge in [0.05, 0.1) is 0 Å². The Morgan fingerprint density at radius 1 is 0.525 bits per heavy atom. The Morgan fingerprint density at radius 3 is 1.90 bits per heavy atom. The van der Waals surface area contributed by atoms with E-state index in [9.17, 15) is 0 Å². The van der Waals surface area contributed by atoms with Gasteiger partial charge in [-0.15, -0.1) is 0 Å². The summed E-state index contributed by atoms with van der Waals surface area (Å²) < 4.78 is 0. The summed E-state index contributed by atoms with van der Waals surface area (Å²) >= 11 is 4.91. The molecule has 0 radical (unpaired) electrons. The molecule has 1 fully saturated rings. The number of anilines is 2. The fourth-order valence-electron chi connectivity index (χ4n) is 6.41. The van der Waals surface area contributed by atoms with Crippen LogP contribution >= 0.6 is 12.6 Å². The van der Waals surface area contributed by atoms with Crippen molar-refractivity contribution in [2.45, 2.75) is 37.0 Å². The average Bonchev–Trinajstić information content (AvgIpc) is 3.01. The lowest BCUT2D eigenvalue weighted by molar-refractivity contribution is 0.447. The van der Waals surface area contributed by atoms with Gasteiger partial charge in [0.25, 0.3) is 0 Å². The third kappa shape index (κ3) is 4.89. The van der Waals surface area contributed by atoms with Crippen LogP contribution in [0.15, 0.2) is 133 Å². The molecule has 0 spiro atoms. The first-order chi connectivity index (χ1) is 19.7. The topological polar surface area (TPSA) is 3.24 Å². The third-order valence-corrected chi connectivity index (χ3v) is 8.93. The molecule has 1 saturated carbocycles. The lowest BCUT2D eigenvalue weighted by Gasteiger charge is -2.38. The van der Waals surface area contributed by atoms with E-state index in [1.807, 2.05) is 0 Å². The highest BCUT2D eigenvalue weighted by Gasteiger charge is 2.27. The minimum absolute atomic E-state index is 0.436. The minimum Gasteiger partial charge on any atom is -0.338 e. The molecule has 0 N–H and O–H groups in total. The van der Waals surface area contributed by atoms with Crippen molar-refractivity contribution < 1.29 is 0 Å². The number of benzene rings is 6. The van der Waals surface area contributed by atoms with Crippen LogP contribution in [0.25, 0.3) is 43.8 Å². The molecular weight excluding hydrogens is 502 g/mol. The lowest BCUT2D eigenvalue weighted by Crippen LogP contribution is -2.36. The highest BCUT2D eigenvalue weighted by Crippen LogP contribution is 2.38. The Bertz CT molecular complexity index is 1770. The third-order valence-electron chi connectivity index (χ3n) is 8.46. The van der Waals surface area contributed by atoms with Gasteiger partial charge in [-0.1, -0.05) is 110 Å². The summed E-state index contributed by atoms with van der Waals surface area (Å²) in [7, 11) is 0. The predicted molar refractivity (Wildman–Crippen MR) is 176 cm³/mol. The van der Waals surface area contributed by atoms with Gasteiger partial charge in [-0.05, 0) is 93.4 Å². The molecule has 6 aromatic carbocycles. The standard InChI is InChI=1S/C38H33NS/c40-36-12-6-11-35(26-36)39(33-21-17-28(18-22-33)32-16-15-27-7-1-2-9-31(27)25-32)34-23-19-30(20-24-34)38-14-5-10-29-8-3-4-13-37(29)38/h1-5,7-10,13-25,35-36,40H,6,11-12,26H2. The number of nitrogens with zero attached hydrogens (tertiary/aromatic N) is 1. The summed E-state index contributed by atoms with van der Waals surface area (Å²) in [6.45, 7) is 0. The predicted octanol–water partition coefficient (Wildman–Crippen LogP) is 10.7. The number of fused-ring (bicyclic) bond motifs is 2. The Hall–Kier alpha value is -4.01. The number of hydrogen-bond acceptors (Lipinski definition) is 2. The van der Waals surface area contributed by atoms with E-state index in [2.05, 4.69) is 138 Å². The Morgan fingerprint density at radius 2 is 1.15 bits per heavy atom. The van der Waals surface area contributed by atoms with Crippen LogP contribution < -0.4 is 4.90 Å². The summed E-state index contributed by atoms with van der Waals surface area (Å²) in [5, 5.41) is 5.58. The largest absolute Gasteiger partial charge is 0.338 e. The molecule has 1 aliphatic carbocycles. The first-order valence-corrected chi connectivity index (χ1v) is 14.9. The first-order valence-electron chi connectivity index (χ1n) is 14.4. The zero-order valence-corrected chi connectivity index (χ0v) is 23.5. The van der Waals surface area contributed by atoms with Gasteiger partial charge in [0.1, 0.15) is 0 Å². The Kier molecular flexibility index (Phi) is 6.79. The molecule has 2 atom stereocenters. The summed E-state index contributed by atoms with van der Waals surface area (Å²) in [5.74, 6) is 0. The van der Waals surface area contributed by atoms with E-state index < -0.39 is 0 Å². The van der Waals surface area contributed by atoms with Crippen molar-refractivity contribution in [1.82, 2.24) is 0 Å². The minimum atomic E-state index is 0.436. The highest BCUT2D eigenvalue weighted by molar-refractivity contribution is 7.80. The van der Waals surface area contributed by atoms with Gasteiger partial charge in [-0.25, -0.2) is 0 Å². The van der Waals surface area contributed by atoms with Crippen LogP contribution in [-0.4, -0.2) is 11.3 Å². The van der Waals surface area contributed by atoms with Crippen molar-refractivity contribution in [2.75, 3.05) is 4.90 Å². The Balaban J connectivity index is 1.24. The molecule has 0 amide bonds. The van der Waals surface area contributed by atoms with Gasteiger partial charge in [0.2, 0.25) is 0 Å². The quantitative estimate of drug-likeness (QED) is 0.215. The fourth-order valence-corrected chi connectivity index (χ4v) is 6.83. The maximum atomic E-state index is 4.91. The smallest absolute Gasteiger partial charge is 0.0413 e. The highest BCUT2D eigenvalue weighted by atomic mass is 32.1. The molecule has 2 unspecified atom stereocenters. The van der Waals surface area contributed by atoms with Gasteiger partial charge in [-0.2, -0.15) is 12.6 Å². The summed E-state index contributed by atoms with van der Waals surface area (Å²) in [6.07, 6.45) is 4.71. The van der Waals surface area contributed by atoms with Crippen molar-refractivity contribution >= 4 is 45.5 Å². The van der Waals surface area contributed by atoms with Crippen molar-refractivity contribution in [2.24, 2.45) is 0 Å². The van der Waals surface area contributed by atoms with Crippen LogP contribution in [0.2, 0.25) is 0 Å². The lowest BCUT2D eigenvalue weighted by atomic mass is 9.92. The average molecular weight is 536 g/mol. The molecule has 1 nitrogen and oxygen atoms in total. The zero-order chi connectivity index (χ0) is 26.9. The number of thiol groups is 1. The van der Waals surface area contributed by atoms with E-state index in [0.717, 1.165) is 6.42 Å². The molecule has 1 aliphatic rings. The van der Waals surface area contributed by atoms with Crippen LogP contribution in [0.5, 0.6) is 0 Å². The Labute approximate surface area is 242 Å². The molecule has 40 heavy (non-hydrogen) atoms. The van der Waals surface area contributed by atoms with Crippen molar-refractivity contribution in [3.05, 3.63) is 133 Å². The summed E-state index contributed by atoms with van der Waals surface area (Å²) in [4.78, 5) is 2.55. The van der Waals surface area contributed by atoms with Gasteiger partial charge >= 0.3 is 0 Å². The molecule has 2 heteroatoms. The second kappa shape index (κ2) is 10.9. The molecule has 0 bridgehead atoms. The van der Waals surface area contributed by atoms with Crippen molar-refractivity contribution in [3.63, 3.8) is 0 Å². The van der Waals surface area contributed by atoms with Crippen molar-refractivity contribution in [1.29, 1.82) is 0 Å². The molecular formula is C38H33NS. The van der Waals surface area contributed by atoms with Gasteiger partial charge in [-0.3, -0.25) is 0 Å². The van der Waals surface area contributed by atoms with E-state index in [-0.39, 0.29) is 0 Å². The molecule has 0 aliphatic heterocycles. The first kappa shape index (κ1) is 25.0. The van der Waals surface area contributed by atoms with Crippen LogP contribution in [-0.2, 0) is 0 Å². The van der Waals surface area contributed by atoms with Crippen LogP contribution in [0.3, 0.4) is 0 Å². The number of rotatable bonds is 5. The monoisotopic (exact) mass is 535 g/mol. The summed E-state index contributed by atoms with van der Waals surface area (Å²) in [6, 6.07) is 49.3. The van der Waals surface area contributed by atoms with E-state index in [0.29, 0.717) is 11.3 Å². The van der Waals surface area contributed by atoms with E-state index in [1.54, 1.807) is 0 Å². The SMILES string of the molecule is SC1CCCC(N(c2ccc(-c3ccc4ccccc4c3)cc2)c2ccc(-c3cccc4ccccc34)cc2)C1. The van der Waals surface area contributed by atoms with Crippen molar-refractivity contribution in [3.8, 4) is 22.3 Å². The van der Waals surface area contributed by atoms with Gasteiger partial charge in [0, 0.05) is 22.7 Å². The van der Waals surface area contributed by atoms with E-state index in [4.69, 9.17) is 12.6 Å². The van der Waals surface area contributed by atoms with E-state index in [1.165, 1.54) is 74.4 Å². The van der Waals surface area contributed by atoms with Gasteiger partial charge in [0.15, 0.2) is 0 Å². The van der Waals surface area contributed by atoms with Gasteiger partial charge < -0.3 is 4.90 Å². The molecule has 0 saturated heterocycles. The molecule has 0 aromatic heterocycles. The van der Waals surface area contributed by atoms with Crippen LogP contribution in [0.4, 0.5) is 11.4 Å². The molecule has 0 heterocycles. The number of hydrogen-bond donors (Lipinski definition) is 1.